The molecule has 0 spiro atoms. The van der Waals surface area contributed by atoms with Crippen LogP contribution in [0.3, 0.4) is 0 Å². The summed E-state index contributed by atoms with van der Waals surface area (Å²) in [6, 6.07) is 14.0. The third kappa shape index (κ3) is 5.22. The summed E-state index contributed by atoms with van der Waals surface area (Å²) in [5.74, 6) is -0.525. The zero-order valence-corrected chi connectivity index (χ0v) is 19.7. The van der Waals surface area contributed by atoms with Crippen molar-refractivity contribution in [1.29, 1.82) is 0 Å². The first-order valence-electron chi connectivity index (χ1n) is 12.0. The van der Waals surface area contributed by atoms with E-state index >= 15 is 0 Å². The fourth-order valence-corrected chi connectivity index (χ4v) is 4.59. The van der Waals surface area contributed by atoms with Crippen molar-refractivity contribution in [3.05, 3.63) is 72.7 Å². The van der Waals surface area contributed by atoms with Crippen LogP contribution < -0.4 is 0 Å². The van der Waals surface area contributed by atoms with Gasteiger partial charge in [0.05, 0.1) is 5.69 Å². The Morgan fingerprint density at radius 2 is 1.86 bits per heavy atom. The van der Waals surface area contributed by atoms with Gasteiger partial charge in [-0.1, -0.05) is 30.3 Å². The Labute approximate surface area is 208 Å². The predicted octanol–water partition coefficient (Wildman–Crippen LogP) is 2.50. The molecule has 1 atom stereocenters. The number of carbonyl (C=O) groups is 3. The molecular weight excluding hydrogens is 462 g/mol. The van der Waals surface area contributed by atoms with E-state index in [1.165, 1.54) is 4.90 Å². The van der Waals surface area contributed by atoms with E-state index in [2.05, 4.69) is 10.1 Å². The van der Waals surface area contributed by atoms with Crippen LogP contribution >= 0.6 is 0 Å². The minimum atomic E-state index is -0.775. The van der Waals surface area contributed by atoms with Crippen LogP contribution in [0, 0.1) is 0 Å². The highest BCUT2D eigenvalue weighted by Crippen LogP contribution is 2.25. The fourth-order valence-electron chi connectivity index (χ4n) is 4.59. The molecule has 3 aromatic rings. The number of piperidine rings is 1. The van der Waals surface area contributed by atoms with Gasteiger partial charge in [-0.2, -0.15) is 5.10 Å². The lowest BCUT2D eigenvalue weighted by molar-refractivity contribution is -0.150. The second-order valence-corrected chi connectivity index (χ2v) is 8.85. The number of aromatic nitrogens is 3. The lowest BCUT2D eigenvalue weighted by Gasteiger charge is -2.37. The molecule has 0 bridgehead atoms. The molecule has 186 valence electrons. The molecule has 2 amide bonds. The number of ether oxygens (including phenoxy) is 2. The molecule has 2 saturated heterocycles. The Hall–Kier alpha value is -4.21. The fraction of sp³-hybridized carbons (Fsp3) is 0.346. The molecule has 0 unspecified atom stereocenters. The summed E-state index contributed by atoms with van der Waals surface area (Å²) in [7, 11) is 0. The molecule has 0 aliphatic carbocycles. The van der Waals surface area contributed by atoms with Crippen molar-refractivity contribution in [2.75, 3.05) is 19.7 Å². The highest BCUT2D eigenvalue weighted by atomic mass is 16.6. The number of nitrogens with zero attached hydrogens (tertiary/aromatic N) is 5. The normalized spacial score (nSPS) is 18.2. The summed E-state index contributed by atoms with van der Waals surface area (Å²) in [6.07, 6.45) is 5.81. The second kappa shape index (κ2) is 10.6. The van der Waals surface area contributed by atoms with E-state index in [0.717, 1.165) is 16.8 Å². The highest BCUT2D eigenvalue weighted by Gasteiger charge is 2.44. The zero-order chi connectivity index (χ0) is 24.9. The van der Waals surface area contributed by atoms with Crippen molar-refractivity contribution in [3.63, 3.8) is 0 Å². The second-order valence-electron chi connectivity index (χ2n) is 8.85. The van der Waals surface area contributed by atoms with Gasteiger partial charge in [0.2, 0.25) is 5.91 Å². The zero-order valence-electron chi connectivity index (χ0n) is 19.7. The van der Waals surface area contributed by atoms with E-state index in [1.807, 2.05) is 48.5 Å². The Kier molecular flexibility index (Phi) is 6.92. The van der Waals surface area contributed by atoms with Gasteiger partial charge < -0.3 is 14.4 Å². The van der Waals surface area contributed by atoms with Gasteiger partial charge in [-0.25, -0.2) is 9.59 Å². The Balaban J connectivity index is 1.14. The summed E-state index contributed by atoms with van der Waals surface area (Å²) in [5, 5.41) is 4.48. The smallest absolute Gasteiger partial charge is 0.410 e. The molecule has 10 heteroatoms. The first kappa shape index (κ1) is 23.5. The third-order valence-electron chi connectivity index (χ3n) is 6.51. The number of hydrogen-bond donors (Lipinski definition) is 0. The van der Waals surface area contributed by atoms with Crippen LogP contribution in [-0.4, -0.2) is 74.3 Å². The van der Waals surface area contributed by atoms with Crippen LogP contribution in [0.5, 0.6) is 0 Å². The number of amides is 2. The molecule has 5 rings (SSSR count). The van der Waals surface area contributed by atoms with Crippen molar-refractivity contribution in [2.24, 2.45) is 0 Å². The van der Waals surface area contributed by atoms with E-state index in [4.69, 9.17) is 9.47 Å². The average molecular weight is 490 g/mol. The largest absolute Gasteiger partial charge is 0.459 e. The van der Waals surface area contributed by atoms with Crippen LogP contribution in [0.25, 0.3) is 11.3 Å². The van der Waals surface area contributed by atoms with Crippen molar-refractivity contribution in [2.45, 2.75) is 38.1 Å². The quantitative estimate of drug-likeness (QED) is 0.470. The van der Waals surface area contributed by atoms with Gasteiger partial charge in [0.1, 0.15) is 19.8 Å². The molecular formula is C26H27N5O5. The number of cyclic esters (lactones) is 1. The van der Waals surface area contributed by atoms with Crippen molar-refractivity contribution in [3.8, 4) is 11.3 Å². The van der Waals surface area contributed by atoms with E-state index < -0.39 is 18.1 Å². The molecule has 2 fully saturated rings. The molecule has 1 aromatic carbocycles. The summed E-state index contributed by atoms with van der Waals surface area (Å²) < 4.78 is 12.3. The number of hydrogen-bond acceptors (Lipinski definition) is 7. The van der Waals surface area contributed by atoms with Gasteiger partial charge in [0, 0.05) is 43.3 Å². The standard InChI is InChI=1S/C26H27N5O5/c32-24(16-30-14-10-22(28-30)20-7-4-11-27-15-20)29-12-8-21(9-13-29)31-23(18-36-26(31)34)25(33)35-17-19-5-2-1-3-6-19/h1-7,10-11,14-15,21,23H,8-9,12-13,16-18H2/t23-/m0/s1. The van der Waals surface area contributed by atoms with E-state index in [-0.39, 0.29) is 31.7 Å². The lowest BCUT2D eigenvalue weighted by Crippen LogP contribution is -2.52. The first-order valence-corrected chi connectivity index (χ1v) is 12.0. The molecule has 4 heterocycles. The van der Waals surface area contributed by atoms with Crippen LogP contribution in [0.2, 0.25) is 0 Å². The molecule has 2 aromatic heterocycles. The maximum atomic E-state index is 12.9. The Morgan fingerprint density at radius 1 is 1.06 bits per heavy atom. The molecule has 0 radical (unpaired) electrons. The van der Waals surface area contributed by atoms with Gasteiger partial charge >= 0.3 is 12.1 Å². The summed E-state index contributed by atoms with van der Waals surface area (Å²) in [6.45, 7) is 1.21. The Morgan fingerprint density at radius 3 is 2.61 bits per heavy atom. The molecule has 0 saturated carbocycles. The SMILES string of the molecule is O=C(OCc1ccccc1)[C@@H]1COC(=O)N1C1CCN(C(=O)Cn2ccc(-c3cccnc3)n2)CC1. The molecule has 0 N–H and O–H groups in total. The van der Waals surface area contributed by atoms with Gasteiger partial charge in [-0.15, -0.1) is 0 Å². The summed E-state index contributed by atoms with van der Waals surface area (Å²) in [4.78, 5) is 45.4. The molecule has 2 aliphatic rings. The lowest BCUT2D eigenvalue weighted by atomic mass is 10.0. The van der Waals surface area contributed by atoms with Crippen molar-refractivity contribution >= 4 is 18.0 Å². The maximum Gasteiger partial charge on any atom is 0.410 e. The number of benzene rings is 1. The maximum absolute atomic E-state index is 12.9. The molecule has 36 heavy (non-hydrogen) atoms. The monoisotopic (exact) mass is 489 g/mol. The minimum absolute atomic E-state index is 0.0236. The number of esters is 1. The van der Waals surface area contributed by atoms with Gasteiger partial charge in [-0.05, 0) is 36.6 Å². The van der Waals surface area contributed by atoms with E-state index in [1.54, 1.807) is 28.2 Å². The van der Waals surface area contributed by atoms with Crippen LogP contribution in [0.15, 0.2) is 67.1 Å². The number of rotatable bonds is 7. The van der Waals surface area contributed by atoms with Crippen LogP contribution in [-0.2, 0) is 32.2 Å². The van der Waals surface area contributed by atoms with Gasteiger partial charge in [0.25, 0.3) is 0 Å². The molecule has 2 aliphatic heterocycles. The van der Waals surface area contributed by atoms with Crippen molar-refractivity contribution < 1.29 is 23.9 Å². The average Bonchev–Trinajstić information content (AvgIpc) is 3.55. The van der Waals surface area contributed by atoms with Crippen molar-refractivity contribution in [1.82, 2.24) is 24.6 Å². The van der Waals surface area contributed by atoms with Crippen LogP contribution in [0.1, 0.15) is 18.4 Å². The number of likely N-dealkylation sites (tertiary alicyclic amines) is 1. The summed E-state index contributed by atoms with van der Waals surface area (Å²) in [5.41, 5.74) is 2.52. The summed E-state index contributed by atoms with van der Waals surface area (Å²) >= 11 is 0. The topological polar surface area (TPSA) is 107 Å². The molecule has 10 nitrogen and oxygen atoms in total. The first-order chi connectivity index (χ1) is 17.6. The third-order valence-corrected chi connectivity index (χ3v) is 6.51. The van der Waals surface area contributed by atoms with Gasteiger partial charge in [0.15, 0.2) is 6.04 Å². The predicted molar refractivity (Wildman–Crippen MR) is 128 cm³/mol. The van der Waals surface area contributed by atoms with E-state index in [0.29, 0.717) is 25.9 Å². The minimum Gasteiger partial charge on any atom is -0.459 e. The highest BCUT2D eigenvalue weighted by molar-refractivity contribution is 5.84. The number of pyridine rings is 1. The van der Waals surface area contributed by atoms with Crippen LogP contribution in [0.4, 0.5) is 4.79 Å². The Bertz CT molecular complexity index is 1210. The van der Waals surface area contributed by atoms with E-state index in [9.17, 15) is 14.4 Å². The number of carbonyl (C=O) groups excluding carboxylic acids is 3. The van der Waals surface area contributed by atoms with Gasteiger partial charge in [-0.3, -0.25) is 19.4 Å².